The molecule has 0 spiro atoms. The minimum atomic E-state index is 0.595. The molecule has 0 amide bonds. The first kappa shape index (κ1) is 39.3. The highest BCUT2D eigenvalue weighted by Gasteiger charge is 2.31. The van der Waals surface area contributed by atoms with E-state index in [-0.39, 0.29) is 0 Å². The van der Waals surface area contributed by atoms with E-state index in [2.05, 4.69) is 244 Å². The van der Waals surface area contributed by atoms with Crippen LogP contribution in [0.1, 0.15) is 5.56 Å². The van der Waals surface area contributed by atoms with Crippen molar-refractivity contribution in [2.45, 2.75) is 0 Å². The zero-order valence-corrected chi connectivity index (χ0v) is 38.3. The van der Waals surface area contributed by atoms with Crippen LogP contribution in [-0.2, 0) is 0 Å². The molecule has 15 aromatic rings. The minimum Gasteiger partial charge on any atom is -0.305 e. The molecule has 11 aromatic carbocycles. The van der Waals surface area contributed by atoms with E-state index in [1.54, 1.807) is 0 Å². The number of rotatable bonds is 5. The lowest BCUT2D eigenvalue weighted by Crippen LogP contribution is -2.13. The van der Waals surface area contributed by atoms with Crippen LogP contribution in [0.15, 0.2) is 237 Å². The third-order valence-electron chi connectivity index (χ3n) is 14.8. The predicted octanol–water partition coefficient (Wildman–Crippen LogP) is 17.0. The van der Waals surface area contributed by atoms with Gasteiger partial charge >= 0.3 is 0 Å². The maximum Gasteiger partial charge on any atom is 0.165 e. The molecular weight excluding hydrogens is 863 g/mol. The van der Waals surface area contributed by atoms with Crippen LogP contribution in [0.3, 0.4) is 0 Å². The number of hydrogen-bond donors (Lipinski definition) is 0. The van der Waals surface area contributed by atoms with E-state index in [9.17, 15) is 5.26 Å². The summed E-state index contributed by atoms with van der Waals surface area (Å²) in [5.74, 6) is 1.58. The van der Waals surface area contributed by atoms with Crippen molar-refractivity contribution in [3.05, 3.63) is 242 Å². The topological polar surface area (TPSA) is 51.5 Å². The molecule has 0 fully saturated rings. The Kier molecular flexibility index (Phi) is 8.36. The third-order valence-corrected chi connectivity index (χ3v) is 14.8. The molecule has 0 saturated heterocycles. The lowest BCUT2D eigenvalue weighted by molar-refractivity contribution is 0.987. The molecule has 15 rings (SSSR count). The van der Waals surface area contributed by atoms with E-state index in [0.29, 0.717) is 5.56 Å². The van der Waals surface area contributed by atoms with Crippen molar-refractivity contribution in [3.8, 4) is 45.6 Å². The highest BCUT2D eigenvalue weighted by Crippen LogP contribution is 2.50. The molecule has 0 aliphatic carbocycles. The predicted molar refractivity (Wildman–Crippen MR) is 295 cm³/mol. The molecule has 0 aliphatic heterocycles. The van der Waals surface area contributed by atoms with Gasteiger partial charge in [0.2, 0.25) is 0 Å². The fourth-order valence-electron chi connectivity index (χ4n) is 11.9. The van der Waals surface area contributed by atoms with Crippen LogP contribution < -0.4 is 0 Å². The van der Waals surface area contributed by atoms with Crippen LogP contribution in [0.4, 0.5) is 0 Å². The van der Waals surface area contributed by atoms with Crippen LogP contribution >= 0.6 is 0 Å². The van der Waals surface area contributed by atoms with Gasteiger partial charge in [0.05, 0.1) is 50.4 Å². The molecule has 328 valence electrons. The molecule has 4 aromatic heterocycles. The smallest absolute Gasteiger partial charge is 0.165 e. The Bertz CT molecular complexity index is 4760. The van der Waals surface area contributed by atoms with Gasteiger partial charge in [-0.25, -0.2) is 4.98 Å². The quantitative estimate of drug-likeness (QED) is 0.173. The standard InChI is InChI=1S/C66H39N5/c67-40-41-30-32-46(33-31-41)59-60(45-19-2-1-3-20-45)65(70-54-28-14-11-25-51(54)62-48-22-8-5-17-43(48)35-38-57(62)70)68-66(71-55-29-15-12-26-52(55)63-49-23-9-6-18-44(49)36-39-58(63)71)64(59)69-53-27-13-10-24-50(53)61-47-21-7-4-16-42(47)34-37-56(61)69/h1-39H. The van der Waals surface area contributed by atoms with Crippen molar-refractivity contribution < 1.29 is 0 Å². The molecule has 0 bridgehead atoms. The Labute approximate surface area is 407 Å². The first-order valence-corrected chi connectivity index (χ1v) is 24.1. The Morgan fingerprint density at radius 2 is 0.676 bits per heavy atom. The number of hydrogen-bond acceptors (Lipinski definition) is 2. The number of nitrogens with zero attached hydrogens (tertiary/aromatic N) is 5. The summed E-state index contributed by atoms with van der Waals surface area (Å²) in [5.41, 5.74) is 11.9. The lowest BCUT2D eigenvalue weighted by Gasteiger charge is -2.26. The zero-order valence-electron chi connectivity index (χ0n) is 38.3. The Morgan fingerprint density at radius 1 is 0.296 bits per heavy atom. The number of aromatic nitrogens is 4. The summed E-state index contributed by atoms with van der Waals surface area (Å²) in [6, 6.07) is 87.4. The molecule has 0 unspecified atom stereocenters. The van der Waals surface area contributed by atoms with Crippen molar-refractivity contribution in [1.82, 2.24) is 18.7 Å². The summed E-state index contributed by atoms with van der Waals surface area (Å²) in [5, 5.41) is 24.4. The van der Waals surface area contributed by atoms with E-state index in [1.165, 1.54) is 48.5 Å². The Hall–Kier alpha value is -9.76. The molecule has 0 radical (unpaired) electrons. The maximum absolute atomic E-state index is 10.3. The Balaban J connectivity index is 1.25. The van der Waals surface area contributed by atoms with Crippen molar-refractivity contribution in [2.75, 3.05) is 0 Å². The van der Waals surface area contributed by atoms with Crippen LogP contribution in [0.25, 0.3) is 137 Å². The van der Waals surface area contributed by atoms with Gasteiger partial charge in [-0.2, -0.15) is 5.26 Å². The molecule has 0 N–H and O–H groups in total. The molecule has 0 atom stereocenters. The number of para-hydroxylation sites is 3. The fourth-order valence-corrected chi connectivity index (χ4v) is 11.9. The molecule has 5 heteroatoms. The SMILES string of the molecule is N#Cc1ccc(-c2c(-c3ccccc3)c(-n3c4ccccc4c4c5ccccc5ccc43)nc(-n3c4ccccc4c4c5ccccc5ccc43)c2-n2c3ccccc3c3c4ccccc4ccc32)cc1. The number of pyridine rings is 1. The highest BCUT2D eigenvalue weighted by molar-refractivity contribution is 6.25. The second-order valence-electron chi connectivity index (χ2n) is 18.5. The van der Waals surface area contributed by atoms with E-state index in [4.69, 9.17) is 4.98 Å². The minimum absolute atomic E-state index is 0.595. The largest absolute Gasteiger partial charge is 0.305 e. The summed E-state index contributed by atoms with van der Waals surface area (Å²) in [6.45, 7) is 0. The summed E-state index contributed by atoms with van der Waals surface area (Å²) in [4.78, 5) is 6.30. The van der Waals surface area contributed by atoms with E-state index in [1.807, 2.05) is 12.1 Å². The number of nitriles is 1. The third kappa shape index (κ3) is 5.59. The van der Waals surface area contributed by atoms with Gasteiger partial charge in [-0.1, -0.05) is 188 Å². The average Bonchev–Trinajstić information content (AvgIpc) is 4.09. The van der Waals surface area contributed by atoms with Gasteiger partial charge in [0.1, 0.15) is 5.82 Å². The second kappa shape index (κ2) is 15.1. The van der Waals surface area contributed by atoms with Crippen LogP contribution in [0.2, 0.25) is 0 Å². The van der Waals surface area contributed by atoms with Gasteiger partial charge in [0, 0.05) is 43.4 Å². The summed E-state index contributed by atoms with van der Waals surface area (Å²) in [6.07, 6.45) is 0. The first-order chi connectivity index (χ1) is 35.2. The van der Waals surface area contributed by atoms with Gasteiger partial charge in [0.15, 0.2) is 5.82 Å². The van der Waals surface area contributed by atoms with E-state index in [0.717, 1.165) is 88.8 Å². The van der Waals surface area contributed by atoms with E-state index >= 15 is 0 Å². The molecule has 4 heterocycles. The van der Waals surface area contributed by atoms with Gasteiger partial charge in [-0.05, 0) is 92.0 Å². The summed E-state index contributed by atoms with van der Waals surface area (Å²) < 4.78 is 7.30. The monoisotopic (exact) mass is 901 g/mol. The maximum atomic E-state index is 10.3. The first-order valence-electron chi connectivity index (χ1n) is 24.1. The molecule has 71 heavy (non-hydrogen) atoms. The molecule has 0 aliphatic rings. The Morgan fingerprint density at radius 3 is 1.15 bits per heavy atom. The molecular formula is C66H39N5. The normalized spacial score (nSPS) is 11.9. The second-order valence-corrected chi connectivity index (χ2v) is 18.5. The summed E-state index contributed by atoms with van der Waals surface area (Å²) >= 11 is 0. The van der Waals surface area contributed by atoms with Gasteiger partial charge < -0.3 is 4.57 Å². The van der Waals surface area contributed by atoms with Crippen LogP contribution in [-0.4, -0.2) is 18.7 Å². The van der Waals surface area contributed by atoms with Crippen molar-refractivity contribution >= 4 is 97.7 Å². The van der Waals surface area contributed by atoms with Crippen LogP contribution in [0, 0.1) is 11.3 Å². The van der Waals surface area contributed by atoms with Gasteiger partial charge in [-0.3, -0.25) is 9.13 Å². The highest BCUT2D eigenvalue weighted by atomic mass is 15.2. The zero-order chi connectivity index (χ0) is 46.7. The average molecular weight is 902 g/mol. The van der Waals surface area contributed by atoms with Gasteiger partial charge in [0.25, 0.3) is 0 Å². The number of benzene rings is 11. The van der Waals surface area contributed by atoms with Crippen LogP contribution in [0.5, 0.6) is 0 Å². The van der Waals surface area contributed by atoms with Crippen molar-refractivity contribution in [3.63, 3.8) is 0 Å². The summed E-state index contributed by atoms with van der Waals surface area (Å²) in [7, 11) is 0. The van der Waals surface area contributed by atoms with E-state index < -0.39 is 0 Å². The van der Waals surface area contributed by atoms with Crippen molar-refractivity contribution in [1.29, 1.82) is 5.26 Å². The lowest BCUT2D eigenvalue weighted by atomic mass is 9.92. The number of fused-ring (bicyclic) bond motifs is 15. The molecule has 5 nitrogen and oxygen atoms in total. The van der Waals surface area contributed by atoms with Gasteiger partial charge in [-0.15, -0.1) is 0 Å². The molecule has 0 saturated carbocycles. The fraction of sp³-hybridized carbons (Fsp3) is 0. The van der Waals surface area contributed by atoms with Crippen molar-refractivity contribution in [2.24, 2.45) is 0 Å².